The summed E-state index contributed by atoms with van der Waals surface area (Å²) in [6.07, 6.45) is -4.56. The van der Waals surface area contributed by atoms with E-state index in [9.17, 15) is 96.4 Å². The Morgan fingerprint density at radius 1 is 0.583 bits per heavy atom. The van der Waals surface area contributed by atoms with Gasteiger partial charge in [0.1, 0.15) is 6.79 Å². The maximum Gasteiger partial charge on any atom is 0.464 e. The molecule has 72 heavy (non-hydrogen) atoms. The Hall–Kier alpha value is -2.58. The standard InChI is InChI=1S/C15H18F6O2.C11H8F8O3S.C10H9F5O.C10H14/c1-12(6-10-8-3-4-9(5-8)11(10)12)13(14(16,17)18,15(19,20)21)23-7-22-2;12-8(13)6-4-1-2-5(3-4)7(6)9(8,14)22-10(15,16)11(17,18)23(19,20)21;11-9(12)7-5-2-1-4(3-5)6(7)8(9,16)10(13,14)15;1-6-4-9-7-2-3-8(5-7)10(6)9/h3-4,8-11H,5-7H2,1-2H3;1-2,4-7H,3H2;1-2,4-7,16H,3H2;2-3,6-10H,4-5H2,1H3. The number of alkyl halides is 18. The summed E-state index contributed by atoms with van der Waals surface area (Å²) in [6.45, 7) is 2.44. The molecule has 0 aromatic heterocycles. The second-order valence-corrected chi connectivity index (χ2v) is 23.5. The quantitative estimate of drug-likeness (QED) is 0.113. The van der Waals surface area contributed by atoms with E-state index >= 15 is 0 Å². The largest absolute Gasteiger partial charge is 0.464 e. The molecule has 0 radical (unpaired) electrons. The van der Waals surface area contributed by atoms with Crippen LogP contribution in [0.4, 0.5) is 82.9 Å². The minimum Gasteiger partial charge on any atom is -0.376 e. The average molecular weight is 1090 g/mol. The molecule has 0 aromatic rings. The number of ether oxygens (including phenoxy) is 3. The molecule has 0 aliphatic heterocycles. The number of rotatable bonds is 8. The summed E-state index contributed by atoms with van der Waals surface area (Å²) in [6, 6.07) is 0. The summed E-state index contributed by atoms with van der Waals surface area (Å²) >= 11 is 0. The summed E-state index contributed by atoms with van der Waals surface area (Å²) in [5.41, 5.74) is -10.1. The van der Waals surface area contributed by atoms with Crippen LogP contribution < -0.4 is 0 Å². The smallest absolute Gasteiger partial charge is 0.376 e. The van der Waals surface area contributed by atoms with Gasteiger partial charge in [-0.2, -0.15) is 74.3 Å². The minimum atomic E-state index is -7.22. The molecule has 12 rings (SSSR count). The van der Waals surface area contributed by atoms with Crippen LogP contribution in [0.5, 0.6) is 0 Å². The average Bonchev–Trinajstić information content (AvgIpc) is 4.11. The maximum absolute atomic E-state index is 14.4. The predicted octanol–water partition coefficient (Wildman–Crippen LogP) is 12.4. The molecule has 12 aliphatic carbocycles. The molecule has 26 heteroatoms. The zero-order valence-corrected chi connectivity index (χ0v) is 38.8. The van der Waals surface area contributed by atoms with Crippen LogP contribution in [-0.2, 0) is 24.4 Å². The molecular formula is C46H49F19O6S. The van der Waals surface area contributed by atoms with Crippen molar-refractivity contribution < 1.29 is 111 Å². The molecule has 8 bridgehead atoms. The van der Waals surface area contributed by atoms with Crippen molar-refractivity contribution in [3.63, 3.8) is 0 Å². The molecule has 0 amide bonds. The monoisotopic (exact) mass is 1090 g/mol. The number of methoxy groups -OCH3 is 1. The Labute approximate surface area is 400 Å². The van der Waals surface area contributed by atoms with E-state index in [0.717, 1.165) is 43.6 Å². The predicted molar refractivity (Wildman–Crippen MR) is 211 cm³/mol. The van der Waals surface area contributed by atoms with Crippen molar-refractivity contribution in [1.29, 1.82) is 0 Å². The van der Waals surface area contributed by atoms with Gasteiger partial charge in [-0.1, -0.05) is 66.3 Å². The first-order valence-corrected chi connectivity index (χ1v) is 24.7. The topological polar surface area (TPSA) is 82.1 Å². The highest BCUT2D eigenvalue weighted by Gasteiger charge is 2.90. The summed E-state index contributed by atoms with van der Waals surface area (Å²) in [5.74, 6) is -17.8. The molecule has 0 heterocycles. The first-order valence-electron chi connectivity index (χ1n) is 23.4. The van der Waals surface area contributed by atoms with Crippen molar-refractivity contribution in [3.8, 4) is 0 Å². The molecule has 0 spiro atoms. The molecule has 6 nitrogen and oxygen atoms in total. The minimum absolute atomic E-state index is 0.0172. The van der Waals surface area contributed by atoms with Gasteiger partial charge in [0, 0.05) is 36.2 Å². The fourth-order valence-corrected chi connectivity index (χ4v) is 16.5. The van der Waals surface area contributed by atoms with Crippen molar-refractivity contribution in [1.82, 2.24) is 0 Å². The van der Waals surface area contributed by atoms with Crippen LogP contribution in [0, 0.1) is 106 Å². The van der Waals surface area contributed by atoms with Gasteiger partial charge in [-0.05, 0) is 115 Å². The lowest BCUT2D eigenvalue weighted by Gasteiger charge is -2.62. The third-order valence-electron chi connectivity index (χ3n) is 19.0. The van der Waals surface area contributed by atoms with Gasteiger partial charge in [-0.25, -0.2) is 13.2 Å². The molecule has 0 saturated heterocycles. The van der Waals surface area contributed by atoms with Crippen molar-refractivity contribution >= 4 is 10.2 Å². The Bertz CT molecular complexity index is 2370. The third-order valence-corrected chi connectivity index (χ3v) is 19.8. The van der Waals surface area contributed by atoms with E-state index < -0.39 is 134 Å². The fraction of sp³-hybridized carbons (Fsp3) is 0.826. The van der Waals surface area contributed by atoms with Crippen molar-refractivity contribution in [2.45, 2.75) is 111 Å². The van der Waals surface area contributed by atoms with Gasteiger partial charge in [0.25, 0.3) is 17.4 Å². The van der Waals surface area contributed by atoms with E-state index in [0.29, 0.717) is 12.8 Å². The van der Waals surface area contributed by atoms with Gasteiger partial charge in [0.2, 0.25) is 5.60 Å². The van der Waals surface area contributed by atoms with Crippen LogP contribution in [-0.4, -0.2) is 86.2 Å². The molecule has 8 saturated carbocycles. The van der Waals surface area contributed by atoms with E-state index in [4.69, 9.17) is 0 Å². The Balaban J connectivity index is 0.000000123. The van der Waals surface area contributed by atoms with Gasteiger partial charge in [0.05, 0.1) is 0 Å². The lowest BCUT2D eigenvalue weighted by Crippen LogP contribution is -2.78. The molecule has 20 unspecified atom stereocenters. The van der Waals surface area contributed by atoms with Crippen LogP contribution >= 0.6 is 0 Å². The third kappa shape index (κ3) is 6.91. The Morgan fingerprint density at radius 3 is 1.43 bits per heavy atom. The molecule has 408 valence electrons. The number of allylic oxidation sites excluding steroid dienone is 8. The second kappa shape index (κ2) is 16.2. The van der Waals surface area contributed by atoms with E-state index in [2.05, 4.69) is 33.3 Å². The zero-order valence-electron chi connectivity index (χ0n) is 38.0. The van der Waals surface area contributed by atoms with Crippen LogP contribution in [0.3, 0.4) is 0 Å². The molecule has 0 aromatic carbocycles. The van der Waals surface area contributed by atoms with Crippen molar-refractivity contribution in [2.75, 3.05) is 13.9 Å². The fourth-order valence-electron chi connectivity index (χ4n) is 16.1. The normalized spacial score (nSPS) is 46.3. The highest BCUT2D eigenvalue weighted by Crippen LogP contribution is 2.76. The van der Waals surface area contributed by atoms with Crippen LogP contribution in [0.1, 0.15) is 52.4 Å². The van der Waals surface area contributed by atoms with Gasteiger partial charge < -0.3 is 14.6 Å². The van der Waals surface area contributed by atoms with E-state index in [1.165, 1.54) is 31.1 Å². The number of aliphatic hydroxyl groups is 1. The highest BCUT2D eigenvalue weighted by molar-refractivity contribution is 7.87. The van der Waals surface area contributed by atoms with Crippen LogP contribution in [0.15, 0.2) is 48.6 Å². The highest BCUT2D eigenvalue weighted by atomic mass is 32.3. The van der Waals surface area contributed by atoms with Crippen LogP contribution in [0.25, 0.3) is 0 Å². The number of halogens is 19. The van der Waals surface area contributed by atoms with Gasteiger partial charge in [0.15, 0.2) is 0 Å². The lowest BCUT2D eigenvalue weighted by molar-refractivity contribution is -0.481. The van der Waals surface area contributed by atoms with Gasteiger partial charge >= 0.3 is 46.0 Å². The van der Waals surface area contributed by atoms with Crippen molar-refractivity contribution in [2.24, 2.45) is 106 Å². The molecular weight excluding hydrogens is 1040 g/mol. The second-order valence-electron chi connectivity index (χ2n) is 22.1. The van der Waals surface area contributed by atoms with Crippen LogP contribution in [0.2, 0.25) is 0 Å². The molecule has 8 fully saturated rings. The molecule has 12 aliphatic rings. The summed E-state index contributed by atoms with van der Waals surface area (Å²) in [4.78, 5) is 0. The van der Waals surface area contributed by atoms with E-state index in [-0.39, 0.29) is 30.6 Å². The summed E-state index contributed by atoms with van der Waals surface area (Å²) in [5, 5.41) is 2.85. The molecule has 1 N–H and O–H groups in total. The zero-order chi connectivity index (χ0) is 53.5. The number of hydrogen-bond acceptors (Lipinski definition) is 6. The van der Waals surface area contributed by atoms with E-state index in [1.807, 2.05) is 6.08 Å². The first-order chi connectivity index (χ1) is 32.7. The summed E-state index contributed by atoms with van der Waals surface area (Å²) < 4.78 is 286. The first kappa shape index (κ1) is 54.2. The van der Waals surface area contributed by atoms with E-state index in [1.54, 1.807) is 12.2 Å². The van der Waals surface area contributed by atoms with Gasteiger partial charge in [-0.15, -0.1) is 0 Å². The summed E-state index contributed by atoms with van der Waals surface area (Å²) in [7, 11) is -6.22. The Kier molecular flexibility index (Phi) is 12.2. The number of fused-ring (bicyclic) bond motifs is 20. The van der Waals surface area contributed by atoms with Gasteiger partial charge in [-0.3, -0.25) is 4.74 Å². The lowest BCUT2D eigenvalue weighted by atomic mass is 9.45. The molecule has 20 atom stereocenters. The van der Waals surface area contributed by atoms with Crippen molar-refractivity contribution in [3.05, 3.63) is 48.6 Å². The Morgan fingerprint density at radius 2 is 1.00 bits per heavy atom. The maximum atomic E-state index is 14.4. The SMILES string of the molecule is CC1CC2C3C=CC(C3)C12.COCOC(C(F)(F)F)(C(F)(F)F)C1(C)CC2C3C=CC(C3)C21.O=S(=O)(F)C(F)(F)C(F)(F)OC1(F)C2C3C=CC(C3)C2C1(F)F.OC1(C(F)(F)F)C2C3C=CC(C3)C2C1(F)F. The number of hydrogen-bond donors (Lipinski definition) is 1.